The largest absolute Gasteiger partial charge is 0.451 e. The summed E-state index contributed by atoms with van der Waals surface area (Å²) < 4.78 is 44.6. The molecule has 0 N–H and O–H groups in total. The van der Waals surface area contributed by atoms with Gasteiger partial charge >= 0.3 is 6.18 Å². The molecule has 0 aliphatic rings. The van der Waals surface area contributed by atoms with Crippen LogP contribution in [0.15, 0.2) is 33.8 Å². The zero-order valence-electron chi connectivity index (χ0n) is 14.2. The highest BCUT2D eigenvalue weighted by Gasteiger charge is 2.35. The van der Waals surface area contributed by atoms with Gasteiger partial charge in [0.15, 0.2) is 5.82 Å². The molecule has 0 amide bonds. The fourth-order valence-corrected chi connectivity index (χ4v) is 3.32. The second-order valence-corrected chi connectivity index (χ2v) is 7.11. The van der Waals surface area contributed by atoms with E-state index < -0.39 is 12.0 Å². The Labute approximate surface area is 152 Å². The van der Waals surface area contributed by atoms with E-state index in [0.29, 0.717) is 23.5 Å². The smallest absolute Gasteiger partial charge is 0.338 e. The first kappa shape index (κ1) is 18.6. The van der Waals surface area contributed by atoms with E-state index in [0.717, 1.165) is 24.6 Å². The van der Waals surface area contributed by atoms with Crippen LogP contribution in [0, 0.1) is 0 Å². The van der Waals surface area contributed by atoms with Gasteiger partial charge in [-0.05, 0) is 19.4 Å². The third kappa shape index (κ3) is 4.14. The van der Waals surface area contributed by atoms with Crippen LogP contribution in [0.1, 0.15) is 49.5 Å². The van der Waals surface area contributed by atoms with Gasteiger partial charge < -0.3 is 4.52 Å². The minimum absolute atomic E-state index is 0.240. The minimum atomic E-state index is -4.61. The topological polar surface area (TPSA) is 64.7 Å². The summed E-state index contributed by atoms with van der Waals surface area (Å²) in [6.45, 7) is 3.86. The van der Waals surface area contributed by atoms with Crippen LogP contribution < -0.4 is 0 Å². The lowest BCUT2D eigenvalue weighted by molar-refractivity contribution is -0.145. The zero-order valence-corrected chi connectivity index (χ0v) is 15.1. The highest BCUT2D eigenvalue weighted by Crippen LogP contribution is 2.38. The number of aryl methyl sites for hydroxylation is 1. The lowest BCUT2D eigenvalue weighted by Gasteiger charge is -2.12. The van der Waals surface area contributed by atoms with Crippen LogP contribution in [0.2, 0.25) is 0 Å². The summed E-state index contributed by atoms with van der Waals surface area (Å²) in [5, 5.41) is 4.39. The molecule has 0 bridgehead atoms. The standard InChI is InChI=1S/C17H17F3N4OS/c1-3-4-9-13-22-14(25-24-13)10(2)26-15-11-7-5-6-8-12(11)21-16(23-15)17(18,19)20/h5-8,10H,3-4,9H2,1-2H3. The molecule has 1 aromatic carbocycles. The van der Waals surface area contributed by atoms with E-state index >= 15 is 0 Å². The van der Waals surface area contributed by atoms with Gasteiger partial charge in [-0.25, -0.2) is 9.97 Å². The van der Waals surface area contributed by atoms with E-state index in [-0.39, 0.29) is 15.8 Å². The Bertz CT molecular complexity index is 897. The molecule has 0 aliphatic carbocycles. The number of aromatic nitrogens is 4. The number of thioether (sulfide) groups is 1. The molecule has 5 nitrogen and oxygen atoms in total. The Morgan fingerprint density at radius 3 is 2.65 bits per heavy atom. The summed E-state index contributed by atoms with van der Waals surface area (Å²) >= 11 is 1.15. The van der Waals surface area contributed by atoms with Crippen molar-refractivity contribution in [2.75, 3.05) is 0 Å². The second kappa shape index (κ2) is 7.61. The summed E-state index contributed by atoms with van der Waals surface area (Å²) in [7, 11) is 0. The molecule has 3 aromatic rings. The number of hydrogen-bond acceptors (Lipinski definition) is 6. The molecule has 26 heavy (non-hydrogen) atoms. The average Bonchev–Trinajstić information content (AvgIpc) is 3.08. The maximum Gasteiger partial charge on any atom is 0.451 e. The van der Waals surface area contributed by atoms with Crippen LogP contribution in [0.25, 0.3) is 10.9 Å². The molecule has 0 aliphatic heterocycles. The average molecular weight is 382 g/mol. The van der Waals surface area contributed by atoms with Crippen LogP contribution >= 0.6 is 11.8 Å². The summed E-state index contributed by atoms with van der Waals surface area (Å²) in [5.74, 6) is -0.171. The predicted molar refractivity (Wildman–Crippen MR) is 91.7 cm³/mol. The number of halogens is 3. The first-order chi connectivity index (χ1) is 12.4. The van der Waals surface area contributed by atoms with Gasteiger partial charge in [0.1, 0.15) is 5.03 Å². The fraction of sp³-hybridized carbons (Fsp3) is 0.412. The molecule has 2 aromatic heterocycles. The van der Waals surface area contributed by atoms with Crippen molar-refractivity contribution in [3.05, 3.63) is 41.8 Å². The van der Waals surface area contributed by atoms with Crippen molar-refractivity contribution in [2.24, 2.45) is 0 Å². The molecular weight excluding hydrogens is 365 g/mol. The van der Waals surface area contributed by atoms with Gasteiger partial charge in [0.05, 0.1) is 10.8 Å². The molecule has 0 radical (unpaired) electrons. The second-order valence-electron chi connectivity index (χ2n) is 5.78. The Hall–Kier alpha value is -2.16. The molecule has 3 rings (SSSR count). The maximum atomic E-state index is 13.1. The number of benzene rings is 1. The number of fused-ring (bicyclic) bond motifs is 1. The fourth-order valence-electron chi connectivity index (χ4n) is 2.35. The number of rotatable bonds is 6. The van der Waals surface area contributed by atoms with Crippen LogP contribution in [0.3, 0.4) is 0 Å². The lowest BCUT2D eigenvalue weighted by atomic mass is 10.2. The molecule has 0 saturated carbocycles. The maximum absolute atomic E-state index is 13.1. The van der Waals surface area contributed by atoms with Gasteiger partial charge in [-0.2, -0.15) is 18.2 Å². The summed E-state index contributed by atoms with van der Waals surface area (Å²) in [6, 6.07) is 6.62. The van der Waals surface area contributed by atoms with Crippen molar-refractivity contribution in [3.8, 4) is 0 Å². The Kier molecular flexibility index (Phi) is 5.45. The van der Waals surface area contributed by atoms with Crippen LogP contribution in [-0.4, -0.2) is 20.1 Å². The molecule has 1 atom stereocenters. The van der Waals surface area contributed by atoms with Gasteiger partial charge in [0.25, 0.3) is 0 Å². The van der Waals surface area contributed by atoms with E-state index in [1.807, 2.05) is 0 Å². The Morgan fingerprint density at radius 2 is 1.92 bits per heavy atom. The van der Waals surface area contributed by atoms with Gasteiger partial charge in [-0.3, -0.25) is 0 Å². The normalized spacial score (nSPS) is 13.3. The Morgan fingerprint density at radius 1 is 1.15 bits per heavy atom. The number of unbranched alkanes of at least 4 members (excludes halogenated alkanes) is 1. The molecule has 9 heteroatoms. The Balaban J connectivity index is 1.90. The van der Waals surface area contributed by atoms with E-state index in [2.05, 4.69) is 27.0 Å². The molecule has 0 spiro atoms. The zero-order chi connectivity index (χ0) is 18.7. The summed E-state index contributed by atoms with van der Waals surface area (Å²) in [5.41, 5.74) is 0.249. The molecular formula is C17H17F3N4OS. The van der Waals surface area contributed by atoms with Crippen LogP contribution in [0.5, 0.6) is 0 Å². The predicted octanol–water partition coefficient (Wildman–Crippen LogP) is 5.23. The number of para-hydroxylation sites is 1. The highest BCUT2D eigenvalue weighted by molar-refractivity contribution is 7.99. The van der Waals surface area contributed by atoms with E-state index in [1.54, 1.807) is 25.1 Å². The number of nitrogens with zero attached hydrogens (tertiary/aromatic N) is 4. The van der Waals surface area contributed by atoms with Crippen molar-refractivity contribution in [1.29, 1.82) is 0 Å². The first-order valence-corrected chi connectivity index (χ1v) is 9.09. The van der Waals surface area contributed by atoms with Crippen LogP contribution in [0.4, 0.5) is 13.2 Å². The molecule has 2 heterocycles. The molecule has 0 fully saturated rings. The number of alkyl halides is 3. The van der Waals surface area contributed by atoms with Crippen molar-refractivity contribution < 1.29 is 17.7 Å². The van der Waals surface area contributed by atoms with Gasteiger partial charge in [-0.15, -0.1) is 0 Å². The minimum Gasteiger partial charge on any atom is -0.338 e. The van der Waals surface area contributed by atoms with Gasteiger partial charge in [0.2, 0.25) is 11.7 Å². The quantitative estimate of drug-likeness (QED) is 0.430. The van der Waals surface area contributed by atoms with Crippen molar-refractivity contribution in [1.82, 2.24) is 20.1 Å². The van der Waals surface area contributed by atoms with Crippen molar-refractivity contribution >= 4 is 22.7 Å². The molecule has 1 unspecified atom stereocenters. The monoisotopic (exact) mass is 382 g/mol. The van der Waals surface area contributed by atoms with Crippen molar-refractivity contribution in [3.63, 3.8) is 0 Å². The SMILES string of the molecule is CCCCc1noc(C(C)Sc2nc(C(F)(F)F)nc3ccccc23)n1. The lowest BCUT2D eigenvalue weighted by Crippen LogP contribution is -2.12. The summed E-state index contributed by atoms with van der Waals surface area (Å²) in [6.07, 6.45) is -1.93. The molecule has 0 saturated heterocycles. The number of hydrogen-bond donors (Lipinski definition) is 0. The van der Waals surface area contributed by atoms with Gasteiger partial charge in [-0.1, -0.05) is 48.5 Å². The van der Waals surface area contributed by atoms with E-state index in [1.165, 1.54) is 6.07 Å². The highest BCUT2D eigenvalue weighted by atomic mass is 32.2. The van der Waals surface area contributed by atoms with E-state index in [4.69, 9.17) is 4.52 Å². The third-order valence-electron chi connectivity index (χ3n) is 3.70. The van der Waals surface area contributed by atoms with E-state index in [9.17, 15) is 13.2 Å². The summed E-state index contributed by atoms with van der Waals surface area (Å²) in [4.78, 5) is 11.7. The third-order valence-corrected chi connectivity index (χ3v) is 4.79. The first-order valence-electron chi connectivity index (χ1n) is 8.21. The van der Waals surface area contributed by atoms with Crippen molar-refractivity contribution in [2.45, 2.75) is 49.6 Å². The molecule has 138 valence electrons. The van der Waals surface area contributed by atoms with Gasteiger partial charge in [0, 0.05) is 11.8 Å². The van der Waals surface area contributed by atoms with Crippen LogP contribution in [-0.2, 0) is 12.6 Å².